The van der Waals surface area contributed by atoms with E-state index in [0.29, 0.717) is 0 Å². The van der Waals surface area contributed by atoms with Crippen molar-refractivity contribution in [2.45, 2.75) is 5.51 Å². The van der Waals surface area contributed by atoms with Gasteiger partial charge in [0.15, 0.2) is 0 Å². The largest absolute Gasteiger partial charge is 0.534 e. The fraction of sp³-hybridized carbons (Fsp3) is 0.300. The molecule has 0 unspecified atom stereocenters. The first-order chi connectivity index (χ1) is 9.53. The van der Waals surface area contributed by atoms with Crippen LogP contribution in [0.5, 0.6) is 11.5 Å². The minimum atomic E-state index is -5.86. The molecule has 0 aliphatic rings. The number of esters is 1. The van der Waals surface area contributed by atoms with Crippen molar-refractivity contribution in [2.24, 2.45) is 0 Å². The summed E-state index contributed by atoms with van der Waals surface area (Å²) >= 11 is 0. The van der Waals surface area contributed by atoms with Gasteiger partial charge in [-0.2, -0.15) is 21.6 Å². The number of rotatable bonds is 4. The molecule has 0 aromatic heterocycles. The highest BCUT2D eigenvalue weighted by Crippen LogP contribution is 2.28. The normalized spacial score (nSPS) is 11.9. The molecule has 6 nitrogen and oxygen atoms in total. The minimum Gasteiger partial charge on any atom is -0.497 e. The van der Waals surface area contributed by atoms with Gasteiger partial charge in [0.2, 0.25) is 0 Å². The van der Waals surface area contributed by atoms with E-state index in [-0.39, 0.29) is 16.8 Å². The summed E-state index contributed by atoms with van der Waals surface area (Å²) in [5.74, 6) is -1.58. The smallest absolute Gasteiger partial charge is 0.497 e. The van der Waals surface area contributed by atoms with Crippen LogP contribution in [0.4, 0.5) is 13.2 Å². The van der Waals surface area contributed by atoms with Crippen LogP contribution in [-0.4, -0.2) is 42.0 Å². The number of ether oxygens (including phenoxy) is 2. The Hall–Kier alpha value is -1.91. The number of hydrogen-bond donors (Lipinski definition) is 0. The van der Waals surface area contributed by atoms with Crippen molar-refractivity contribution in [1.29, 1.82) is 0 Å². The molecule has 21 heavy (non-hydrogen) atoms. The van der Waals surface area contributed by atoms with E-state index in [9.17, 15) is 26.4 Å². The standard InChI is InChI=1S/C10H10BF3O6S/c1-18-6-3-5(9(15)19-2)4-7(8(6)11)20-21(16,17)10(12,13)14/h3-4H,11H2,1-2H3. The zero-order valence-electron chi connectivity index (χ0n) is 11.1. The Morgan fingerprint density at radius 2 is 1.71 bits per heavy atom. The monoisotopic (exact) mass is 326 g/mol. The summed E-state index contributed by atoms with van der Waals surface area (Å²) in [6.45, 7) is 0. The molecule has 0 fully saturated rings. The van der Waals surface area contributed by atoms with Crippen LogP contribution in [0.15, 0.2) is 12.1 Å². The highest BCUT2D eigenvalue weighted by molar-refractivity contribution is 7.88. The predicted octanol–water partition coefficient (Wildman–Crippen LogP) is -0.0314. The molecule has 1 rings (SSSR count). The summed E-state index contributed by atoms with van der Waals surface area (Å²) in [5.41, 5.74) is -5.82. The molecular weight excluding hydrogens is 316 g/mol. The lowest BCUT2D eigenvalue weighted by atomic mass is 9.92. The van der Waals surface area contributed by atoms with E-state index in [4.69, 9.17) is 4.74 Å². The Morgan fingerprint density at radius 3 is 2.14 bits per heavy atom. The first kappa shape index (κ1) is 17.1. The van der Waals surface area contributed by atoms with Crippen molar-refractivity contribution in [1.82, 2.24) is 0 Å². The van der Waals surface area contributed by atoms with Crippen molar-refractivity contribution in [2.75, 3.05) is 14.2 Å². The van der Waals surface area contributed by atoms with Gasteiger partial charge >= 0.3 is 21.6 Å². The lowest BCUT2D eigenvalue weighted by molar-refractivity contribution is -0.0499. The lowest BCUT2D eigenvalue weighted by Gasteiger charge is -2.15. The zero-order valence-corrected chi connectivity index (χ0v) is 12.0. The summed E-state index contributed by atoms with van der Waals surface area (Å²) in [6.07, 6.45) is 0. The second-order valence-electron chi connectivity index (χ2n) is 3.78. The van der Waals surface area contributed by atoms with Crippen LogP contribution in [-0.2, 0) is 14.9 Å². The Kier molecular flexibility index (Phi) is 4.77. The second kappa shape index (κ2) is 5.84. The third kappa shape index (κ3) is 3.60. The highest BCUT2D eigenvalue weighted by atomic mass is 32.2. The summed E-state index contributed by atoms with van der Waals surface area (Å²) in [5, 5.41) is 0. The Labute approximate surface area is 119 Å². The van der Waals surface area contributed by atoms with Crippen LogP contribution in [0.1, 0.15) is 10.4 Å². The maximum atomic E-state index is 12.3. The maximum Gasteiger partial charge on any atom is 0.534 e. The number of benzene rings is 1. The van der Waals surface area contributed by atoms with Crippen molar-refractivity contribution in [3.63, 3.8) is 0 Å². The van der Waals surface area contributed by atoms with Crippen LogP contribution in [0.3, 0.4) is 0 Å². The average Bonchev–Trinajstić information content (AvgIpc) is 2.38. The molecule has 0 aliphatic carbocycles. The molecule has 0 bridgehead atoms. The summed E-state index contributed by atoms with van der Waals surface area (Å²) in [4.78, 5) is 11.4. The molecule has 0 atom stereocenters. The topological polar surface area (TPSA) is 78.9 Å². The fourth-order valence-electron chi connectivity index (χ4n) is 1.36. The molecule has 0 N–H and O–H groups in total. The van der Waals surface area contributed by atoms with Gasteiger partial charge in [-0.05, 0) is 17.6 Å². The number of carbonyl (C=O) groups excluding carboxylic acids is 1. The van der Waals surface area contributed by atoms with Gasteiger partial charge in [0.25, 0.3) is 0 Å². The van der Waals surface area contributed by atoms with Crippen LogP contribution < -0.4 is 14.4 Å². The van der Waals surface area contributed by atoms with E-state index >= 15 is 0 Å². The van der Waals surface area contributed by atoms with Crippen LogP contribution >= 0.6 is 0 Å². The van der Waals surface area contributed by atoms with E-state index in [2.05, 4.69) is 8.92 Å². The molecule has 1 aromatic carbocycles. The molecule has 0 aliphatic heterocycles. The average molecular weight is 326 g/mol. The van der Waals surface area contributed by atoms with Gasteiger partial charge in [-0.25, -0.2) is 4.79 Å². The van der Waals surface area contributed by atoms with E-state index in [1.807, 2.05) is 0 Å². The summed E-state index contributed by atoms with van der Waals surface area (Å²) in [7, 11) is -2.32. The van der Waals surface area contributed by atoms with Crippen molar-refractivity contribution in [3.8, 4) is 11.5 Å². The number of halogens is 3. The van der Waals surface area contributed by atoms with E-state index < -0.39 is 27.3 Å². The Bertz CT molecular complexity index is 655. The Morgan fingerprint density at radius 1 is 1.19 bits per heavy atom. The van der Waals surface area contributed by atoms with Gasteiger partial charge in [0, 0.05) is 0 Å². The summed E-state index contributed by atoms with van der Waals surface area (Å²) < 4.78 is 72.3. The molecule has 0 spiro atoms. The zero-order chi connectivity index (χ0) is 16.4. The van der Waals surface area contributed by atoms with Gasteiger partial charge in [-0.1, -0.05) is 0 Å². The van der Waals surface area contributed by atoms with Gasteiger partial charge in [0.1, 0.15) is 19.3 Å². The number of hydrogen-bond acceptors (Lipinski definition) is 6. The van der Waals surface area contributed by atoms with Crippen LogP contribution in [0, 0.1) is 0 Å². The molecule has 116 valence electrons. The van der Waals surface area contributed by atoms with Gasteiger partial charge in [-0.3, -0.25) is 0 Å². The molecule has 0 heterocycles. The van der Waals surface area contributed by atoms with E-state index in [0.717, 1.165) is 13.2 Å². The number of carbonyl (C=O) groups is 1. The molecule has 0 saturated carbocycles. The molecular formula is C10H10BF3O6S. The van der Waals surface area contributed by atoms with E-state index in [1.54, 1.807) is 0 Å². The first-order valence-electron chi connectivity index (χ1n) is 5.31. The van der Waals surface area contributed by atoms with Crippen molar-refractivity contribution >= 4 is 29.4 Å². The van der Waals surface area contributed by atoms with E-state index in [1.165, 1.54) is 21.0 Å². The van der Waals surface area contributed by atoms with Gasteiger partial charge in [-0.15, -0.1) is 0 Å². The third-order valence-corrected chi connectivity index (χ3v) is 3.40. The van der Waals surface area contributed by atoms with Crippen LogP contribution in [0.25, 0.3) is 0 Å². The second-order valence-corrected chi connectivity index (χ2v) is 5.31. The fourth-order valence-corrected chi connectivity index (χ4v) is 1.87. The molecule has 0 saturated heterocycles. The predicted molar refractivity (Wildman–Crippen MR) is 68.1 cm³/mol. The highest BCUT2D eigenvalue weighted by Gasteiger charge is 2.48. The first-order valence-corrected chi connectivity index (χ1v) is 6.72. The van der Waals surface area contributed by atoms with Gasteiger partial charge in [0.05, 0.1) is 19.8 Å². The number of methoxy groups -OCH3 is 2. The quantitative estimate of drug-likeness (QED) is 0.335. The lowest BCUT2D eigenvalue weighted by Crippen LogP contribution is -2.30. The van der Waals surface area contributed by atoms with Crippen LogP contribution in [0.2, 0.25) is 0 Å². The molecule has 0 amide bonds. The Balaban J connectivity index is 3.39. The SMILES string of the molecule is Bc1c(OC)cc(C(=O)OC)cc1OS(=O)(=O)C(F)(F)F. The molecule has 0 radical (unpaired) electrons. The molecule has 1 aromatic rings. The molecule has 11 heteroatoms. The summed E-state index contributed by atoms with van der Waals surface area (Å²) in [6, 6.07) is 2.02. The van der Waals surface area contributed by atoms with Crippen molar-refractivity contribution < 1.29 is 40.0 Å². The maximum absolute atomic E-state index is 12.3. The number of alkyl halides is 3. The van der Waals surface area contributed by atoms with Gasteiger partial charge < -0.3 is 13.7 Å². The minimum absolute atomic E-state index is 0.0158. The third-order valence-electron chi connectivity index (χ3n) is 2.44. The van der Waals surface area contributed by atoms with Crippen molar-refractivity contribution in [3.05, 3.63) is 17.7 Å².